The predicted molar refractivity (Wildman–Crippen MR) is 114 cm³/mol. The van der Waals surface area contributed by atoms with Crippen LogP contribution in [0.25, 0.3) is 0 Å². The molecule has 4 heterocycles. The van der Waals surface area contributed by atoms with Gasteiger partial charge in [-0.25, -0.2) is 0 Å². The Balaban J connectivity index is 1.44. The molecule has 0 unspecified atom stereocenters. The molecule has 7 nitrogen and oxygen atoms in total. The van der Waals surface area contributed by atoms with Crippen molar-refractivity contribution in [2.75, 3.05) is 24.5 Å². The Morgan fingerprint density at radius 3 is 2.63 bits per heavy atom. The number of anilines is 1. The monoisotopic (exact) mass is 402 g/mol. The van der Waals surface area contributed by atoms with Crippen LogP contribution in [0.4, 0.5) is 5.82 Å². The molecule has 7 heteroatoms. The number of carbonyl (C=O) groups is 1. The fraction of sp³-hybridized carbons (Fsp3) is 0.391. The average molecular weight is 403 g/mol. The Labute approximate surface area is 176 Å². The SMILES string of the molecule is Cc1ccc(N2C[C@H]3CN(C(=O)Cn4cccn4)[C@H](c4ccccc4C)[C@H]3C2)nn1. The third-order valence-electron chi connectivity index (χ3n) is 6.46. The van der Waals surface area contributed by atoms with Crippen molar-refractivity contribution in [2.24, 2.45) is 11.8 Å². The molecule has 2 saturated heterocycles. The van der Waals surface area contributed by atoms with Gasteiger partial charge in [-0.1, -0.05) is 24.3 Å². The van der Waals surface area contributed by atoms with Crippen molar-refractivity contribution in [2.45, 2.75) is 26.4 Å². The first kappa shape index (κ1) is 18.8. The lowest BCUT2D eigenvalue weighted by Gasteiger charge is -2.31. The molecule has 0 bridgehead atoms. The Kier molecular flexibility index (Phi) is 4.73. The van der Waals surface area contributed by atoms with E-state index < -0.39 is 0 Å². The molecule has 30 heavy (non-hydrogen) atoms. The van der Waals surface area contributed by atoms with Gasteiger partial charge in [-0.15, -0.1) is 5.10 Å². The van der Waals surface area contributed by atoms with E-state index in [1.165, 1.54) is 11.1 Å². The van der Waals surface area contributed by atoms with Gasteiger partial charge in [0.15, 0.2) is 5.82 Å². The summed E-state index contributed by atoms with van der Waals surface area (Å²) in [5.74, 6) is 1.84. The van der Waals surface area contributed by atoms with Gasteiger partial charge in [-0.05, 0) is 43.2 Å². The number of amides is 1. The van der Waals surface area contributed by atoms with Gasteiger partial charge in [-0.3, -0.25) is 9.48 Å². The third-order valence-corrected chi connectivity index (χ3v) is 6.46. The van der Waals surface area contributed by atoms with Crippen LogP contribution in [0, 0.1) is 25.7 Å². The first-order valence-corrected chi connectivity index (χ1v) is 10.5. The van der Waals surface area contributed by atoms with Crippen molar-refractivity contribution >= 4 is 11.7 Å². The summed E-state index contributed by atoms with van der Waals surface area (Å²) in [6.07, 6.45) is 3.56. The number of fused-ring (bicyclic) bond motifs is 1. The Morgan fingerprint density at radius 1 is 1.03 bits per heavy atom. The molecule has 0 N–H and O–H groups in total. The van der Waals surface area contributed by atoms with Gasteiger partial charge < -0.3 is 9.80 Å². The van der Waals surface area contributed by atoms with Gasteiger partial charge in [0.05, 0.1) is 11.7 Å². The lowest BCUT2D eigenvalue weighted by Crippen LogP contribution is -2.38. The van der Waals surface area contributed by atoms with Crippen LogP contribution in [-0.4, -0.2) is 50.4 Å². The second-order valence-corrected chi connectivity index (χ2v) is 8.41. The molecule has 154 valence electrons. The fourth-order valence-electron chi connectivity index (χ4n) is 4.99. The van der Waals surface area contributed by atoms with Gasteiger partial charge in [-0.2, -0.15) is 10.2 Å². The minimum Gasteiger partial charge on any atom is -0.354 e. The summed E-state index contributed by atoms with van der Waals surface area (Å²) < 4.78 is 1.71. The van der Waals surface area contributed by atoms with Gasteiger partial charge in [0.25, 0.3) is 0 Å². The zero-order chi connectivity index (χ0) is 20.7. The predicted octanol–water partition coefficient (Wildman–Crippen LogP) is 2.63. The lowest BCUT2D eigenvalue weighted by molar-refractivity contribution is -0.133. The maximum absolute atomic E-state index is 13.3. The van der Waals surface area contributed by atoms with E-state index in [1.807, 2.05) is 31.3 Å². The second-order valence-electron chi connectivity index (χ2n) is 8.41. The number of aromatic nitrogens is 4. The Morgan fingerprint density at radius 2 is 1.90 bits per heavy atom. The Bertz CT molecular complexity index is 1030. The first-order valence-electron chi connectivity index (χ1n) is 10.5. The molecule has 2 fully saturated rings. The van der Waals surface area contributed by atoms with Crippen LogP contribution in [0.15, 0.2) is 54.9 Å². The molecule has 0 saturated carbocycles. The molecule has 2 aliphatic rings. The molecular formula is C23H26N6O. The molecule has 3 atom stereocenters. The van der Waals surface area contributed by atoms with Crippen molar-refractivity contribution in [1.29, 1.82) is 0 Å². The number of likely N-dealkylation sites (tertiary alicyclic amines) is 1. The number of nitrogens with zero attached hydrogens (tertiary/aromatic N) is 6. The zero-order valence-corrected chi connectivity index (χ0v) is 17.3. The van der Waals surface area contributed by atoms with E-state index in [1.54, 1.807) is 10.9 Å². The van der Waals surface area contributed by atoms with E-state index in [4.69, 9.17) is 0 Å². The van der Waals surface area contributed by atoms with Crippen LogP contribution in [0.2, 0.25) is 0 Å². The number of aryl methyl sites for hydroxylation is 2. The smallest absolute Gasteiger partial charge is 0.244 e. The first-order chi connectivity index (χ1) is 14.6. The van der Waals surface area contributed by atoms with E-state index >= 15 is 0 Å². The summed E-state index contributed by atoms with van der Waals surface area (Å²) >= 11 is 0. The lowest BCUT2D eigenvalue weighted by atomic mass is 9.87. The number of carbonyl (C=O) groups excluding carboxylic acids is 1. The number of benzene rings is 1. The van der Waals surface area contributed by atoms with Gasteiger partial charge in [0.2, 0.25) is 5.91 Å². The maximum atomic E-state index is 13.3. The molecular weight excluding hydrogens is 376 g/mol. The summed E-state index contributed by atoms with van der Waals surface area (Å²) in [6, 6.07) is 14.4. The highest BCUT2D eigenvalue weighted by atomic mass is 16.2. The number of hydrogen-bond acceptors (Lipinski definition) is 5. The van der Waals surface area contributed by atoms with Crippen LogP contribution in [0.5, 0.6) is 0 Å². The second kappa shape index (κ2) is 7.55. The normalized spacial score (nSPS) is 23.1. The fourth-order valence-corrected chi connectivity index (χ4v) is 4.99. The molecule has 3 aromatic rings. The maximum Gasteiger partial charge on any atom is 0.244 e. The van der Waals surface area contributed by atoms with Crippen molar-refractivity contribution in [3.8, 4) is 0 Å². The largest absolute Gasteiger partial charge is 0.354 e. The molecule has 1 amide bonds. The summed E-state index contributed by atoms with van der Waals surface area (Å²) in [6.45, 7) is 6.91. The minimum absolute atomic E-state index is 0.0719. The highest BCUT2D eigenvalue weighted by molar-refractivity contribution is 5.77. The quantitative estimate of drug-likeness (QED) is 0.671. The average Bonchev–Trinajstić information content (AvgIpc) is 3.45. The number of hydrogen-bond donors (Lipinski definition) is 0. The topological polar surface area (TPSA) is 67.2 Å². The van der Waals surface area contributed by atoms with Crippen molar-refractivity contribution in [3.05, 3.63) is 71.7 Å². The van der Waals surface area contributed by atoms with Crippen LogP contribution in [0.3, 0.4) is 0 Å². The summed E-state index contributed by atoms with van der Waals surface area (Å²) in [5.41, 5.74) is 3.40. The zero-order valence-electron chi connectivity index (χ0n) is 17.3. The summed E-state index contributed by atoms with van der Waals surface area (Å²) in [7, 11) is 0. The van der Waals surface area contributed by atoms with E-state index in [0.29, 0.717) is 11.8 Å². The van der Waals surface area contributed by atoms with Gasteiger partial charge in [0.1, 0.15) is 6.54 Å². The van der Waals surface area contributed by atoms with Crippen LogP contribution in [0.1, 0.15) is 22.9 Å². The van der Waals surface area contributed by atoms with E-state index in [2.05, 4.69) is 56.3 Å². The molecule has 0 radical (unpaired) electrons. The molecule has 1 aromatic carbocycles. The van der Waals surface area contributed by atoms with E-state index in [0.717, 1.165) is 31.1 Å². The minimum atomic E-state index is 0.0719. The summed E-state index contributed by atoms with van der Waals surface area (Å²) in [5, 5.41) is 12.8. The molecule has 2 aromatic heterocycles. The molecule has 2 aliphatic heterocycles. The molecule has 0 spiro atoms. The number of rotatable bonds is 4. The van der Waals surface area contributed by atoms with Gasteiger partial charge >= 0.3 is 0 Å². The van der Waals surface area contributed by atoms with Crippen molar-refractivity contribution < 1.29 is 4.79 Å². The highest BCUT2D eigenvalue weighted by Gasteiger charge is 2.49. The van der Waals surface area contributed by atoms with Crippen LogP contribution in [-0.2, 0) is 11.3 Å². The molecule has 0 aliphatic carbocycles. The van der Waals surface area contributed by atoms with Gasteiger partial charge in [0, 0.05) is 43.9 Å². The summed E-state index contributed by atoms with van der Waals surface area (Å²) in [4.78, 5) is 17.7. The van der Waals surface area contributed by atoms with Crippen LogP contribution < -0.4 is 4.90 Å². The van der Waals surface area contributed by atoms with Crippen molar-refractivity contribution in [3.63, 3.8) is 0 Å². The third kappa shape index (κ3) is 3.34. The Hall–Kier alpha value is -3.22. The van der Waals surface area contributed by atoms with Crippen LogP contribution >= 0.6 is 0 Å². The van der Waals surface area contributed by atoms with E-state index in [9.17, 15) is 4.79 Å². The van der Waals surface area contributed by atoms with E-state index in [-0.39, 0.29) is 18.5 Å². The standard InChI is InChI=1S/C23H26N6O/c1-16-6-3-4-7-19(16)23-20-14-27(21-9-8-17(2)25-26-21)12-18(20)13-29(23)22(30)15-28-11-5-10-24-28/h3-11,18,20,23H,12-15H2,1-2H3/t18-,20-,23+/m0/s1. The van der Waals surface area contributed by atoms with Crippen molar-refractivity contribution in [1.82, 2.24) is 24.9 Å². The highest BCUT2D eigenvalue weighted by Crippen LogP contribution is 2.46. The molecule has 5 rings (SSSR count).